The van der Waals surface area contributed by atoms with Crippen molar-refractivity contribution in [2.75, 3.05) is 0 Å². The summed E-state index contributed by atoms with van der Waals surface area (Å²) in [6, 6.07) is 1.28. The summed E-state index contributed by atoms with van der Waals surface area (Å²) in [4.78, 5) is 13.9. The number of aromatic carboxylic acids is 1. The molecule has 1 N–H and O–H groups in total. The third-order valence-electron chi connectivity index (χ3n) is 2.53. The summed E-state index contributed by atoms with van der Waals surface area (Å²) in [6.45, 7) is 0. The second kappa shape index (κ2) is 3.41. The lowest BCUT2D eigenvalue weighted by molar-refractivity contribution is -0.141. The van der Waals surface area contributed by atoms with Gasteiger partial charge >= 0.3 is 12.1 Å². The molecule has 0 aromatic carbocycles. The van der Waals surface area contributed by atoms with E-state index in [2.05, 4.69) is 4.98 Å². The number of pyridine rings is 1. The molecule has 0 radical (unpaired) electrons. The normalized spacial score (nSPS) is 17.9. The number of aromatic nitrogens is 1. The minimum absolute atomic E-state index is 0.00158. The van der Waals surface area contributed by atoms with E-state index in [4.69, 9.17) is 5.11 Å². The molecule has 17 heavy (non-hydrogen) atoms. The number of hydrogen-bond donors (Lipinski definition) is 1. The Balaban J connectivity index is 2.55. The van der Waals surface area contributed by atoms with Gasteiger partial charge in [0.15, 0.2) is 5.67 Å². The number of carboxylic acids is 1. The van der Waals surface area contributed by atoms with Crippen LogP contribution in [0.15, 0.2) is 12.1 Å². The molecule has 0 amide bonds. The summed E-state index contributed by atoms with van der Waals surface area (Å²) < 4.78 is 50.9. The zero-order valence-electron chi connectivity index (χ0n) is 8.38. The van der Waals surface area contributed by atoms with Crippen molar-refractivity contribution in [1.82, 2.24) is 4.98 Å². The van der Waals surface area contributed by atoms with Gasteiger partial charge in [-0.15, -0.1) is 0 Å². The van der Waals surface area contributed by atoms with Gasteiger partial charge in [-0.2, -0.15) is 13.2 Å². The highest BCUT2D eigenvalue weighted by molar-refractivity contribution is 5.89. The molecule has 7 heteroatoms. The van der Waals surface area contributed by atoms with Crippen LogP contribution in [0.1, 0.15) is 34.6 Å². The Morgan fingerprint density at radius 3 is 2.35 bits per heavy atom. The standard InChI is InChI=1S/C10H7F4NO2/c11-9(3-4-9)7-5(8(16)17)1-2-6(15-7)10(12,13)14/h1-2H,3-4H2,(H,16,17). The molecular weight excluding hydrogens is 242 g/mol. The van der Waals surface area contributed by atoms with Gasteiger partial charge in [0.1, 0.15) is 5.69 Å². The zero-order chi connectivity index (χ0) is 12.8. The number of rotatable bonds is 2. The fraction of sp³-hybridized carbons (Fsp3) is 0.400. The van der Waals surface area contributed by atoms with E-state index in [1.165, 1.54) is 0 Å². The SMILES string of the molecule is O=C(O)c1ccc(C(F)(F)F)nc1C1(F)CC1. The van der Waals surface area contributed by atoms with Crippen LogP contribution in [-0.4, -0.2) is 16.1 Å². The summed E-state index contributed by atoms with van der Waals surface area (Å²) in [6.07, 6.45) is -4.71. The summed E-state index contributed by atoms with van der Waals surface area (Å²) in [7, 11) is 0. The van der Waals surface area contributed by atoms with E-state index < -0.39 is 34.8 Å². The van der Waals surface area contributed by atoms with E-state index in [-0.39, 0.29) is 12.8 Å². The second-order valence-electron chi connectivity index (χ2n) is 3.86. The minimum Gasteiger partial charge on any atom is -0.478 e. The van der Waals surface area contributed by atoms with Gasteiger partial charge in [0, 0.05) is 0 Å². The number of nitrogens with zero attached hydrogens (tertiary/aromatic N) is 1. The van der Waals surface area contributed by atoms with Crippen LogP contribution in [0.3, 0.4) is 0 Å². The second-order valence-corrected chi connectivity index (χ2v) is 3.86. The molecule has 0 atom stereocenters. The van der Waals surface area contributed by atoms with Gasteiger partial charge in [-0.3, -0.25) is 0 Å². The van der Waals surface area contributed by atoms with Gasteiger partial charge in [0.05, 0.1) is 11.3 Å². The first-order valence-corrected chi connectivity index (χ1v) is 4.75. The van der Waals surface area contributed by atoms with Crippen LogP contribution in [0.25, 0.3) is 0 Å². The maximum absolute atomic E-state index is 13.7. The van der Waals surface area contributed by atoms with Crippen molar-refractivity contribution in [2.24, 2.45) is 0 Å². The maximum atomic E-state index is 13.7. The molecule has 0 unspecified atom stereocenters. The summed E-state index contributed by atoms with van der Waals surface area (Å²) >= 11 is 0. The van der Waals surface area contributed by atoms with Crippen molar-refractivity contribution in [3.05, 3.63) is 29.1 Å². The maximum Gasteiger partial charge on any atom is 0.433 e. The molecule has 92 valence electrons. The largest absolute Gasteiger partial charge is 0.478 e. The van der Waals surface area contributed by atoms with Gasteiger partial charge in [-0.25, -0.2) is 14.2 Å². The third kappa shape index (κ3) is 2.09. The van der Waals surface area contributed by atoms with Gasteiger partial charge in [0.2, 0.25) is 0 Å². The zero-order valence-corrected chi connectivity index (χ0v) is 8.38. The Bertz CT molecular complexity index is 480. The van der Waals surface area contributed by atoms with Crippen LogP contribution in [0.2, 0.25) is 0 Å². The number of carbonyl (C=O) groups is 1. The first-order chi connectivity index (χ1) is 7.74. The molecule has 0 saturated heterocycles. The summed E-state index contributed by atoms with van der Waals surface area (Å²) in [5.74, 6) is -1.48. The Kier molecular flexibility index (Phi) is 2.37. The first kappa shape index (κ1) is 11.8. The van der Waals surface area contributed by atoms with Gasteiger partial charge < -0.3 is 5.11 Å². The molecule has 1 aliphatic rings. The lowest BCUT2D eigenvalue weighted by Crippen LogP contribution is -2.16. The number of carboxylic acid groups (broad SMARTS) is 1. The predicted molar refractivity (Wildman–Crippen MR) is 48.2 cm³/mol. The predicted octanol–water partition coefficient (Wildman–Crippen LogP) is 2.76. The third-order valence-corrected chi connectivity index (χ3v) is 2.53. The monoisotopic (exact) mass is 249 g/mol. The molecule has 1 heterocycles. The smallest absolute Gasteiger partial charge is 0.433 e. The van der Waals surface area contributed by atoms with E-state index in [1.54, 1.807) is 0 Å². The Morgan fingerprint density at radius 2 is 1.94 bits per heavy atom. The molecule has 0 bridgehead atoms. The summed E-state index contributed by atoms with van der Waals surface area (Å²) in [5, 5.41) is 8.76. The van der Waals surface area contributed by atoms with Crippen LogP contribution >= 0.6 is 0 Å². The van der Waals surface area contributed by atoms with E-state index in [0.717, 1.165) is 6.07 Å². The molecule has 1 saturated carbocycles. The molecule has 1 fully saturated rings. The molecule has 3 nitrogen and oxygen atoms in total. The molecule has 1 aromatic rings. The van der Waals surface area contributed by atoms with Crippen LogP contribution in [0.5, 0.6) is 0 Å². The highest BCUT2D eigenvalue weighted by Crippen LogP contribution is 2.50. The quantitative estimate of drug-likeness (QED) is 0.820. The van der Waals surface area contributed by atoms with Crippen molar-refractivity contribution in [2.45, 2.75) is 24.7 Å². The lowest BCUT2D eigenvalue weighted by atomic mass is 10.1. The Hall–Kier alpha value is -1.66. The Labute approximate surface area is 93.1 Å². The molecule has 2 rings (SSSR count). The fourth-order valence-corrected chi connectivity index (χ4v) is 1.48. The van der Waals surface area contributed by atoms with Crippen molar-refractivity contribution >= 4 is 5.97 Å². The molecule has 1 aromatic heterocycles. The van der Waals surface area contributed by atoms with Crippen molar-refractivity contribution in [1.29, 1.82) is 0 Å². The van der Waals surface area contributed by atoms with Gasteiger partial charge in [0.25, 0.3) is 0 Å². The average molecular weight is 249 g/mol. The number of alkyl halides is 4. The van der Waals surface area contributed by atoms with E-state index in [1.807, 2.05) is 0 Å². The van der Waals surface area contributed by atoms with Crippen LogP contribution in [-0.2, 0) is 11.8 Å². The van der Waals surface area contributed by atoms with Crippen LogP contribution < -0.4 is 0 Å². The Morgan fingerprint density at radius 1 is 1.35 bits per heavy atom. The van der Waals surface area contributed by atoms with Crippen LogP contribution in [0.4, 0.5) is 17.6 Å². The fourth-order valence-electron chi connectivity index (χ4n) is 1.48. The van der Waals surface area contributed by atoms with Crippen molar-refractivity contribution in [3.63, 3.8) is 0 Å². The van der Waals surface area contributed by atoms with E-state index in [9.17, 15) is 22.4 Å². The molecule has 0 aliphatic heterocycles. The minimum atomic E-state index is -4.71. The van der Waals surface area contributed by atoms with Crippen LogP contribution in [0, 0.1) is 0 Å². The lowest BCUT2D eigenvalue weighted by Gasteiger charge is -2.12. The first-order valence-electron chi connectivity index (χ1n) is 4.75. The van der Waals surface area contributed by atoms with Gasteiger partial charge in [-0.1, -0.05) is 0 Å². The highest BCUT2D eigenvalue weighted by Gasteiger charge is 2.49. The highest BCUT2D eigenvalue weighted by atomic mass is 19.4. The number of halogens is 4. The summed E-state index contributed by atoms with van der Waals surface area (Å²) in [5.41, 5.74) is -4.44. The number of hydrogen-bond acceptors (Lipinski definition) is 2. The van der Waals surface area contributed by atoms with Gasteiger partial charge in [-0.05, 0) is 25.0 Å². The van der Waals surface area contributed by atoms with Crippen molar-refractivity contribution in [3.8, 4) is 0 Å². The molecular formula is C10H7F4NO2. The van der Waals surface area contributed by atoms with E-state index >= 15 is 0 Å². The topological polar surface area (TPSA) is 50.2 Å². The van der Waals surface area contributed by atoms with E-state index in [0.29, 0.717) is 6.07 Å². The molecule has 0 spiro atoms. The average Bonchev–Trinajstić information content (AvgIpc) is 2.95. The van der Waals surface area contributed by atoms with Crippen molar-refractivity contribution < 1.29 is 27.5 Å². The molecule has 1 aliphatic carbocycles.